The maximum atomic E-state index is 11.3. The summed E-state index contributed by atoms with van der Waals surface area (Å²) in [5.74, 6) is 0.555. The van der Waals surface area contributed by atoms with E-state index in [4.69, 9.17) is 4.74 Å². The maximum absolute atomic E-state index is 11.3. The summed E-state index contributed by atoms with van der Waals surface area (Å²) in [5.41, 5.74) is 1.36. The third-order valence-corrected chi connectivity index (χ3v) is 3.93. The van der Waals surface area contributed by atoms with E-state index in [1.807, 2.05) is 6.07 Å². The van der Waals surface area contributed by atoms with Crippen molar-refractivity contribution in [2.45, 2.75) is 26.2 Å². The van der Waals surface area contributed by atoms with Gasteiger partial charge in [0.05, 0.1) is 7.11 Å². The summed E-state index contributed by atoms with van der Waals surface area (Å²) in [4.78, 5) is 13.4. The lowest BCUT2D eigenvalue weighted by Gasteiger charge is -2.16. The second-order valence-corrected chi connectivity index (χ2v) is 5.04. The van der Waals surface area contributed by atoms with Crippen LogP contribution in [0.4, 0.5) is 0 Å². The standard InChI is InChI=1S/C11H14O2S/c1-7-3-4-9-8(5-7)6-10(14-9)11(12)13-2/h6-7H,3-5H2,1-2H3. The van der Waals surface area contributed by atoms with Gasteiger partial charge in [-0.25, -0.2) is 4.79 Å². The molecule has 0 saturated heterocycles. The molecule has 1 aromatic rings. The van der Waals surface area contributed by atoms with Crippen LogP contribution in [0.3, 0.4) is 0 Å². The Morgan fingerprint density at radius 3 is 3.14 bits per heavy atom. The quantitative estimate of drug-likeness (QED) is 0.666. The van der Waals surface area contributed by atoms with Crippen molar-refractivity contribution in [3.8, 4) is 0 Å². The Morgan fingerprint density at radius 1 is 1.64 bits per heavy atom. The molecule has 0 fully saturated rings. The summed E-state index contributed by atoms with van der Waals surface area (Å²) in [7, 11) is 1.43. The number of ether oxygens (including phenoxy) is 1. The predicted octanol–water partition coefficient (Wildman–Crippen LogP) is 2.66. The van der Waals surface area contributed by atoms with E-state index >= 15 is 0 Å². The van der Waals surface area contributed by atoms with Crippen LogP contribution in [-0.2, 0) is 17.6 Å². The Hall–Kier alpha value is -0.830. The first-order chi connectivity index (χ1) is 6.70. The number of hydrogen-bond donors (Lipinski definition) is 0. The molecule has 1 aliphatic carbocycles. The summed E-state index contributed by atoms with van der Waals surface area (Å²) in [6.07, 6.45) is 3.48. The van der Waals surface area contributed by atoms with Crippen molar-refractivity contribution in [3.63, 3.8) is 0 Å². The number of aryl methyl sites for hydroxylation is 1. The normalized spacial score (nSPS) is 20.3. The minimum absolute atomic E-state index is 0.197. The Morgan fingerprint density at radius 2 is 2.43 bits per heavy atom. The predicted molar refractivity (Wildman–Crippen MR) is 56.8 cm³/mol. The summed E-state index contributed by atoms with van der Waals surface area (Å²) >= 11 is 1.60. The smallest absolute Gasteiger partial charge is 0.348 e. The van der Waals surface area contributed by atoms with Gasteiger partial charge in [0.15, 0.2) is 0 Å². The van der Waals surface area contributed by atoms with Crippen LogP contribution in [0.2, 0.25) is 0 Å². The Kier molecular flexibility index (Phi) is 2.59. The van der Waals surface area contributed by atoms with Crippen LogP contribution in [0.25, 0.3) is 0 Å². The van der Waals surface area contributed by atoms with Crippen molar-refractivity contribution in [1.29, 1.82) is 0 Å². The van der Waals surface area contributed by atoms with Gasteiger partial charge in [0.1, 0.15) is 4.88 Å². The molecule has 0 N–H and O–H groups in total. The van der Waals surface area contributed by atoms with Crippen LogP contribution < -0.4 is 0 Å². The zero-order valence-corrected chi connectivity index (χ0v) is 9.32. The number of rotatable bonds is 1. The highest BCUT2D eigenvalue weighted by molar-refractivity contribution is 7.14. The van der Waals surface area contributed by atoms with Crippen LogP contribution in [0.15, 0.2) is 6.07 Å². The molecule has 0 spiro atoms. The van der Waals surface area contributed by atoms with E-state index in [-0.39, 0.29) is 5.97 Å². The minimum atomic E-state index is -0.197. The fraction of sp³-hybridized carbons (Fsp3) is 0.545. The first-order valence-corrected chi connectivity index (χ1v) is 5.72. The third-order valence-electron chi connectivity index (χ3n) is 2.72. The monoisotopic (exact) mass is 210 g/mol. The molecule has 1 heterocycles. The van der Waals surface area contributed by atoms with Crippen LogP contribution >= 0.6 is 11.3 Å². The lowest BCUT2D eigenvalue weighted by Crippen LogP contribution is -2.08. The number of methoxy groups -OCH3 is 1. The number of thiophene rings is 1. The second kappa shape index (κ2) is 3.73. The van der Waals surface area contributed by atoms with E-state index in [9.17, 15) is 4.79 Å². The number of carbonyl (C=O) groups is 1. The summed E-state index contributed by atoms with van der Waals surface area (Å²) in [6, 6.07) is 2.00. The molecule has 0 saturated carbocycles. The van der Waals surface area contributed by atoms with Gasteiger partial charge in [-0.1, -0.05) is 6.92 Å². The largest absolute Gasteiger partial charge is 0.465 e. The number of esters is 1. The molecule has 0 aromatic carbocycles. The molecule has 0 bridgehead atoms. The van der Waals surface area contributed by atoms with Gasteiger partial charge >= 0.3 is 5.97 Å². The van der Waals surface area contributed by atoms with E-state index < -0.39 is 0 Å². The van der Waals surface area contributed by atoms with E-state index in [0.29, 0.717) is 0 Å². The molecule has 1 atom stereocenters. The SMILES string of the molecule is COC(=O)c1cc2c(s1)CCC(C)C2. The lowest BCUT2D eigenvalue weighted by molar-refractivity contribution is 0.0606. The second-order valence-electron chi connectivity index (χ2n) is 3.90. The van der Waals surface area contributed by atoms with E-state index in [1.165, 1.54) is 24.0 Å². The Bertz CT molecular complexity index is 354. The fourth-order valence-electron chi connectivity index (χ4n) is 1.91. The highest BCUT2D eigenvalue weighted by atomic mass is 32.1. The molecule has 0 aliphatic heterocycles. The summed E-state index contributed by atoms with van der Waals surface area (Å²) in [5, 5.41) is 0. The summed E-state index contributed by atoms with van der Waals surface area (Å²) in [6.45, 7) is 2.26. The van der Waals surface area contributed by atoms with Crippen LogP contribution in [0.5, 0.6) is 0 Å². The molecule has 76 valence electrons. The van der Waals surface area contributed by atoms with Crippen LogP contribution in [0.1, 0.15) is 33.5 Å². The van der Waals surface area contributed by atoms with Crippen molar-refractivity contribution >= 4 is 17.3 Å². The van der Waals surface area contributed by atoms with Crippen LogP contribution in [0, 0.1) is 5.92 Å². The average Bonchev–Trinajstić information content (AvgIpc) is 2.59. The van der Waals surface area contributed by atoms with Crippen molar-refractivity contribution in [1.82, 2.24) is 0 Å². The molecule has 2 rings (SSSR count). The van der Waals surface area contributed by atoms with Crippen molar-refractivity contribution < 1.29 is 9.53 Å². The fourth-order valence-corrected chi connectivity index (χ4v) is 3.03. The van der Waals surface area contributed by atoms with Crippen molar-refractivity contribution in [2.75, 3.05) is 7.11 Å². The maximum Gasteiger partial charge on any atom is 0.348 e. The highest BCUT2D eigenvalue weighted by Crippen LogP contribution is 2.32. The van der Waals surface area contributed by atoms with Gasteiger partial charge in [-0.2, -0.15) is 0 Å². The average molecular weight is 210 g/mol. The molecule has 1 aliphatic rings. The van der Waals surface area contributed by atoms with Crippen molar-refractivity contribution in [3.05, 3.63) is 21.4 Å². The Labute approximate surface area is 87.9 Å². The Balaban J connectivity index is 2.27. The molecule has 1 unspecified atom stereocenters. The van der Waals surface area contributed by atoms with Gasteiger partial charge in [0, 0.05) is 4.88 Å². The number of fused-ring (bicyclic) bond motifs is 1. The number of carbonyl (C=O) groups excluding carboxylic acids is 1. The molecule has 3 heteroatoms. The molecule has 0 amide bonds. The van der Waals surface area contributed by atoms with Gasteiger partial charge in [-0.05, 0) is 36.8 Å². The topological polar surface area (TPSA) is 26.3 Å². The molecule has 1 aromatic heterocycles. The molecular weight excluding hydrogens is 196 g/mol. The third kappa shape index (κ3) is 1.69. The molecule has 2 nitrogen and oxygen atoms in total. The van der Waals surface area contributed by atoms with Gasteiger partial charge < -0.3 is 4.74 Å². The highest BCUT2D eigenvalue weighted by Gasteiger charge is 2.20. The minimum Gasteiger partial charge on any atom is -0.465 e. The zero-order valence-electron chi connectivity index (χ0n) is 8.50. The van der Waals surface area contributed by atoms with Gasteiger partial charge in [0.2, 0.25) is 0 Å². The van der Waals surface area contributed by atoms with Gasteiger partial charge in [-0.15, -0.1) is 11.3 Å². The first kappa shape index (κ1) is 9.71. The van der Waals surface area contributed by atoms with Crippen molar-refractivity contribution in [2.24, 2.45) is 5.92 Å². The van der Waals surface area contributed by atoms with Gasteiger partial charge in [-0.3, -0.25) is 0 Å². The zero-order chi connectivity index (χ0) is 10.1. The van der Waals surface area contributed by atoms with E-state index in [0.717, 1.165) is 23.6 Å². The molecule has 14 heavy (non-hydrogen) atoms. The number of hydrogen-bond acceptors (Lipinski definition) is 3. The van der Waals surface area contributed by atoms with Gasteiger partial charge in [0.25, 0.3) is 0 Å². The van der Waals surface area contributed by atoms with Crippen LogP contribution in [-0.4, -0.2) is 13.1 Å². The molecular formula is C11H14O2S. The van der Waals surface area contributed by atoms with E-state index in [1.54, 1.807) is 11.3 Å². The van der Waals surface area contributed by atoms with E-state index in [2.05, 4.69) is 6.92 Å². The first-order valence-electron chi connectivity index (χ1n) is 4.90. The lowest BCUT2D eigenvalue weighted by atomic mass is 9.90. The summed E-state index contributed by atoms with van der Waals surface area (Å²) < 4.78 is 4.71. The molecule has 0 radical (unpaired) electrons.